The monoisotopic (exact) mass is 365 g/mol. The van der Waals surface area contributed by atoms with Crippen molar-refractivity contribution in [1.82, 2.24) is 14.6 Å². The van der Waals surface area contributed by atoms with Crippen LogP contribution >= 0.6 is 0 Å². The number of hydrogen-bond acceptors (Lipinski definition) is 2. The Morgan fingerprint density at radius 1 is 0.643 bits per heavy atom. The third-order valence-electron chi connectivity index (χ3n) is 4.83. The molecular weight excluding hydrogens is 342 g/mol. The number of rotatable bonds is 2. The standard InChI is InChI=1S/C23H17N3.C2H6/c1-16-10-12-18(13-11-16)22-24-25-23-21-9-5-8-19(17-6-3-2-4-7-17)20(21)14-15-26(22)23;1-2/h2-15H,1H3;1-2H3. The summed E-state index contributed by atoms with van der Waals surface area (Å²) < 4.78 is 2.07. The number of nitrogens with zero attached hydrogens (tertiary/aromatic N) is 3. The summed E-state index contributed by atoms with van der Waals surface area (Å²) in [6.07, 6.45) is 2.07. The molecule has 0 N–H and O–H groups in total. The molecule has 0 aliphatic rings. The van der Waals surface area contributed by atoms with Gasteiger partial charge < -0.3 is 0 Å². The first-order valence-electron chi connectivity index (χ1n) is 9.70. The Hall–Kier alpha value is -3.46. The molecule has 28 heavy (non-hydrogen) atoms. The van der Waals surface area contributed by atoms with Crippen molar-refractivity contribution in [3.8, 4) is 22.5 Å². The summed E-state index contributed by atoms with van der Waals surface area (Å²) in [7, 11) is 0. The number of pyridine rings is 1. The van der Waals surface area contributed by atoms with E-state index >= 15 is 0 Å². The van der Waals surface area contributed by atoms with Crippen molar-refractivity contribution in [3.63, 3.8) is 0 Å². The van der Waals surface area contributed by atoms with E-state index in [-0.39, 0.29) is 0 Å². The van der Waals surface area contributed by atoms with Gasteiger partial charge in [-0.1, -0.05) is 92.2 Å². The molecule has 0 aliphatic carbocycles. The Labute approximate surface area is 165 Å². The summed E-state index contributed by atoms with van der Waals surface area (Å²) >= 11 is 0. The van der Waals surface area contributed by atoms with Gasteiger partial charge in [0.1, 0.15) is 0 Å². The fourth-order valence-electron chi connectivity index (χ4n) is 3.47. The molecule has 2 aromatic heterocycles. The first kappa shape index (κ1) is 17.9. The highest BCUT2D eigenvalue weighted by Crippen LogP contribution is 2.31. The Morgan fingerprint density at radius 2 is 1.39 bits per heavy atom. The van der Waals surface area contributed by atoms with Crippen molar-refractivity contribution in [3.05, 3.63) is 90.6 Å². The maximum Gasteiger partial charge on any atom is 0.168 e. The number of benzene rings is 3. The van der Waals surface area contributed by atoms with Crippen molar-refractivity contribution >= 4 is 16.4 Å². The van der Waals surface area contributed by atoms with Gasteiger partial charge in [0.05, 0.1) is 0 Å². The van der Waals surface area contributed by atoms with Crippen LogP contribution in [0.3, 0.4) is 0 Å². The Bertz CT molecular complexity index is 1220. The van der Waals surface area contributed by atoms with Gasteiger partial charge in [-0.15, -0.1) is 10.2 Å². The highest BCUT2D eigenvalue weighted by atomic mass is 15.2. The first-order chi connectivity index (χ1) is 13.8. The number of aromatic nitrogens is 3. The van der Waals surface area contributed by atoms with Crippen LogP contribution in [0.1, 0.15) is 19.4 Å². The predicted octanol–water partition coefficient (Wildman–Crippen LogP) is 6.55. The van der Waals surface area contributed by atoms with Gasteiger partial charge in [-0.2, -0.15) is 0 Å². The zero-order valence-corrected chi connectivity index (χ0v) is 16.4. The smallest absolute Gasteiger partial charge is 0.168 e. The minimum atomic E-state index is 0.868. The molecule has 0 unspecified atom stereocenters. The Kier molecular flexibility index (Phi) is 4.90. The first-order valence-corrected chi connectivity index (χ1v) is 9.70. The molecule has 0 atom stereocenters. The molecule has 0 radical (unpaired) electrons. The van der Waals surface area contributed by atoms with Crippen LogP contribution in [0.25, 0.3) is 38.9 Å². The maximum absolute atomic E-state index is 4.49. The SMILES string of the molecule is CC.Cc1ccc(-c2nnc3c4cccc(-c5ccccc5)c4ccn23)cc1. The van der Waals surface area contributed by atoms with Crippen molar-refractivity contribution < 1.29 is 0 Å². The normalized spacial score (nSPS) is 10.7. The topological polar surface area (TPSA) is 30.2 Å². The number of fused-ring (bicyclic) bond motifs is 3. The average molecular weight is 365 g/mol. The summed E-state index contributed by atoms with van der Waals surface area (Å²) in [5.74, 6) is 0.868. The fourth-order valence-corrected chi connectivity index (χ4v) is 3.47. The van der Waals surface area contributed by atoms with E-state index in [1.165, 1.54) is 22.1 Å². The largest absolute Gasteiger partial charge is 0.282 e. The number of hydrogen-bond donors (Lipinski definition) is 0. The Balaban J connectivity index is 0.000000932. The molecular formula is C25H23N3. The van der Waals surface area contributed by atoms with E-state index < -0.39 is 0 Å². The molecule has 0 aliphatic heterocycles. The van der Waals surface area contributed by atoms with Gasteiger partial charge in [0.25, 0.3) is 0 Å². The van der Waals surface area contributed by atoms with Crippen molar-refractivity contribution in [1.29, 1.82) is 0 Å². The van der Waals surface area contributed by atoms with Gasteiger partial charge in [0.2, 0.25) is 0 Å². The van der Waals surface area contributed by atoms with Gasteiger partial charge in [-0.25, -0.2) is 0 Å². The van der Waals surface area contributed by atoms with Gasteiger partial charge in [0.15, 0.2) is 11.5 Å². The lowest BCUT2D eigenvalue weighted by atomic mass is 9.99. The van der Waals surface area contributed by atoms with E-state index in [0.29, 0.717) is 0 Å². The van der Waals surface area contributed by atoms with Crippen LogP contribution in [0.2, 0.25) is 0 Å². The van der Waals surface area contributed by atoms with Crippen molar-refractivity contribution in [2.75, 3.05) is 0 Å². The lowest BCUT2D eigenvalue weighted by Gasteiger charge is -2.08. The lowest BCUT2D eigenvalue weighted by molar-refractivity contribution is 1.11. The average Bonchev–Trinajstić information content (AvgIpc) is 3.20. The molecule has 0 saturated carbocycles. The van der Waals surface area contributed by atoms with E-state index in [0.717, 1.165) is 22.4 Å². The fraction of sp³-hybridized carbons (Fsp3) is 0.120. The summed E-state index contributed by atoms with van der Waals surface area (Å²) in [4.78, 5) is 0. The second kappa shape index (κ2) is 7.65. The highest BCUT2D eigenvalue weighted by molar-refractivity contribution is 6.03. The van der Waals surface area contributed by atoms with E-state index in [1.807, 2.05) is 19.9 Å². The zero-order valence-electron chi connectivity index (χ0n) is 16.4. The predicted molar refractivity (Wildman–Crippen MR) is 117 cm³/mol. The van der Waals surface area contributed by atoms with Crippen LogP contribution in [0, 0.1) is 6.92 Å². The lowest BCUT2D eigenvalue weighted by Crippen LogP contribution is -1.91. The van der Waals surface area contributed by atoms with Crippen LogP contribution in [-0.2, 0) is 0 Å². The number of aryl methyl sites for hydroxylation is 1. The van der Waals surface area contributed by atoms with Gasteiger partial charge in [-0.3, -0.25) is 4.40 Å². The minimum absolute atomic E-state index is 0.868. The molecule has 3 nitrogen and oxygen atoms in total. The molecule has 138 valence electrons. The van der Waals surface area contributed by atoms with Crippen LogP contribution < -0.4 is 0 Å². The third-order valence-corrected chi connectivity index (χ3v) is 4.83. The van der Waals surface area contributed by atoms with E-state index in [1.54, 1.807) is 0 Å². The van der Waals surface area contributed by atoms with E-state index in [2.05, 4.69) is 101 Å². The minimum Gasteiger partial charge on any atom is -0.282 e. The Morgan fingerprint density at radius 3 is 2.14 bits per heavy atom. The molecule has 5 aromatic rings. The van der Waals surface area contributed by atoms with Crippen LogP contribution in [0.5, 0.6) is 0 Å². The van der Waals surface area contributed by atoms with Crippen LogP contribution in [-0.4, -0.2) is 14.6 Å². The van der Waals surface area contributed by atoms with Crippen molar-refractivity contribution in [2.45, 2.75) is 20.8 Å². The molecule has 0 fully saturated rings. The molecule has 0 amide bonds. The molecule has 3 aromatic carbocycles. The van der Waals surface area contributed by atoms with Crippen LogP contribution in [0.15, 0.2) is 85.1 Å². The van der Waals surface area contributed by atoms with Gasteiger partial charge in [0, 0.05) is 17.1 Å². The molecule has 0 bridgehead atoms. The summed E-state index contributed by atoms with van der Waals surface area (Å²) in [6.45, 7) is 6.09. The van der Waals surface area contributed by atoms with Crippen LogP contribution in [0.4, 0.5) is 0 Å². The second-order valence-electron chi connectivity index (χ2n) is 6.53. The second-order valence-corrected chi connectivity index (χ2v) is 6.53. The molecule has 0 spiro atoms. The summed E-state index contributed by atoms with van der Waals surface area (Å²) in [5, 5.41) is 11.3. The van der Waals surface area contributed by atoms with Gasteiger partial charge in [-0.05, 0) is 29.5 Å². The molecule has 3 heteroatoms. The van der Waals surface area contributed by atoms with E-state index in [4.69, 9.17) is 0 Å². The van der Waals surface area contributed by atoms with Crippen molar-refractivity contribution in [2.24, 2.45) is 0 Å². The summed E-state index contributed by atoms with van der Waals surface area (Å²) in [6, 6.07) is 27.4. The third kappa shape index (κ3) is 3.05. The quantitative estimate of drug-likeness (QED) is 0.355. The molecule has 5 rings (SSSR count). The highest BCUT2D eigenvalue weighted by Gasteiger charge is 2.12. The molecule has 0 saturated heterocycles. The van der Waals surface area contributed by atoms with Gasteiger partial charge >= 0.3 is 0 Å². The molecule has 2 heterocycles. The summed E-state index contributed by atoms with van der Waals surface area (Å²) in [5.41, 5.74) is 5.62. The van der Waals surface area contributed by atoms with E-state index in [9.17, 15) is 0 Å². The zero-order chi connectivity index (χ0) is 19.5. The maximum atomic E-state index is 4.49.